The van der Waals surface area contributed by atoms with Crippen molar-refractivity contribution in [1.29, 1.82) is 0 Å². The fourth-order valence-corrected chi connectivity index (χ4v) is 3.00. The second kappa shape index (κ2) is 5.96. The smallest absolute Gasteiger partial charge is 0.319 e. The van der Waals surface area contributed by atoms with Crippen LogP contribution in [0.4, 0.5) is 14.5 Å². The highest BCUT2D eigenvalue weighted by atomic mass is 32.2. The van der Waals surface area contributed by atoms with Gasteiger partial charge in [0.15, 0.2) is 5.65 Å². The number of aromatic nitrogens is 3. The number of hydrogen-bond donors (Lipinski definition) is 1. The van der Waals surface area contributed by atoms with Crippen LogP contribution in [0, 0.1) is 0 Å². The molecule has 0 saturated carbocycles. The maximum absolute atomic E-state index is 12.8. The van der Waals surface area contributed by atoms with Crippen molar-refractivity contribution >= 4 is 27.1 Å². The minimum absolute atomic E-state index is 0.237. The van der Waals surface area contributed by atoms with Gasteiger partial charge in [-0.15, -0.1) is 0 Å². The molecule has 3 aromatic rings. The maximum atomic E-state index is 12.8. The monoisotopic (exact) mass is 352 g/mol. The lowest BCUT2D eigenvalue weighted by Gasteiger charge is -2.10. The Balaban J connectivity index is 1.96. The Hall–Kier alpha value is -2.88. The number of carbonyl (C=O) groups is 1. The number of benzene rings is 1. The second-order valence-electron chi connectivity index (χ2n) is 4.73. The Labute approximate surface area is 134 Å². The van der Waals surface area contributed by atoms with Crippen molar-refractivity contribution in [3.63, 3.8) is 0 Å². The number of carbonyl (C=O) groups excluding carboxylic acids is 1. The number of sulfone groups is 1. The Morgan fingerprint density at radius 3 is 2.71 bits per heavy atom. The molecule has 10 heteroatoms. The average molecular weight is 352 g/mol. The van der Waals surface area contributed by atoms with Gasteiger partial charge in [0, 0.05) is 6.07 Å². The van der Waals surface area contributed by atoms with Crippen LogP contribution in [-0.4, -0.2) is 34.7 Å². The molecule has 0 atom stereocenters. The first-order chi connectivity index (χ1) is 11.4. The molecule has 2 aromatic heterocycles. The summed E-state index contributed by atoms with van der Waals surface area (Å²) in [6, 6.07) is 6.42. The van der Waals surface area contributed by atoms with Gasteiger partial charge in [0.05, 0.1) is 34.7 Å². The Morgan fingerprint density at radius 1 is 1.21 bits per heavy atom. The summed E-state index contributed by atoms with van der Waals surface area (Å²) < 4.78 is 50.3. The molecule has 24 heavy (non-hydrogen) atoms. The SMILES string of the molecule is O=C(Nc1cnc2ccnn2c1)c1ccccc1S(=O)(=O)C(F)F. The lowest BCUT2D eigenvalue weighted by Crippen LogP contribution is -2.20. The van der Waals surface area contributed by atoms with Gasteiger partial charge in [-0.2, -0.15) is 13.9 Å². The van der Waals surface area contributed by atoms with E-state index in [-0.39, 0.29) is 11.3 Å². The molecule has 0 unspecified atom stereocenters. The predicted octanol–water partition coefficient (Wildman–Crippen LogP) is 1.98. The largest absolute Gasteiger partial charge is 0.341 e. The first-order valence-corrected chi connectivity index (χ1v) is 8.16. The van der Waals surface area contributed by atoms with E-state index in [0.29, 0.717) is 5.65 Å². The Bertz CT molecular complexity index is 1020. The number of alkyl halides is 2. The summed E-state index contributed by atoms with van der Waals surface area (Å²) in [5.41, 5.74) is 0.410. The van der Waals surface area contributed by atoms with Crippen molar-refractivity contribution in [2.45, 2.75) is 10.7 Å². The van der Waals surface area contributed by atoms with Crippen LogP contribution in [0.1, 0.15) is 10.4 Å². The third-order valence-corrected chi connectivity index (χ3v) is 4.62. The average Bonchev–Trinajstić information content (AvgIpc) is 3.02. The summed E-state index contributed by atoms with van der Waals surface area (Å²) in [6.07, 6.45) is 4.32. The molecule has 0 bridgehead atoms. The quantitative estimate of drug-likeness (QED) is 0.775. The fourth-order valence-electron chi connectivity index (χ4n) is 2.07. The van der Waals surface area contributed by atoms with E-state index in [2.05, 4.69) is 15.4 Å². The minimum Gasteiger partial charge on any atom is -0.319 e. The van der Waals surface area contributed by atoms with Crippen molar-refractivity contribution in [2.24, 2.45) is 0 Å². The summed E-state index contributed by atoms with van der Waals surface area (Å²) in [4.78, 5) is 15.6. The van der Waals surface area contributed by atoms with Crippen molar-refractivity contribution in [3.8, 4) is 0 Å². The van der Waals surface area contributed by atoms with Crippen LogP contribution in [0.2, 0.25) is 0 Å². The zero-order valence-corrected chi connectivity index (χ0v) is 12.7. The zero-order valence-electron chi connectivity index (χ0n) is 11.9. The number of fused-ring (bicyclic) bond motifs is 1. The van der Waals surface area contributed by atoms with Gasteiger partial charge < -0.3 is 5.32 Å². The van der Waals surface area contributed by atoms with Crippen LogP contribution in [0.15, 0.2) is 53.8 Å². The van der Waals surface area contributed by atoms with E-state index in [1.165, 1.54) is 35.2 Å². The van der Waals surface area contributed by atoms with Crippen molar-refractivity contribution < 1.29 is 22.0 Å². The third-order valence-electron chi connectivity index (χ3n) is 3.18. The molecule has 1 N–H and O–H groups in total. The summed E-state index contributed by atoms with van der Waals surface area (Å²) in [7, 11) is -4.90. The molecular weight excluding hydrogens is 342 g/mol. The zero-order chi connectivity index (χ0) is 17.3. The number of hydrogen-bond acceptors (Lipinski definition) is 5. The highest BCUT2D eigenvalue weighted by molar-refractivity contribution is 7.91. The Morgan fingerprint density at radius 2 is 1.96 bits per heavy atom. The number of amides is 1. The molecule has 7 nitrogen and oxygen atoms in total. The number of anilines is 1. The van der Waals surface area contributed by atoms with Gasteiger partial charge in [-0.3, -0.25) is 4.79 Å². The van der Waals surface area contributed by atoms with Gasteiger partial charge in [-0.1, -0.05) is 12.1 Å². The maximum Gasteiger partial charge on any atom is 0.341 e. The standard InChI is InChI=1S/C14H10F2N4O3S/c15-14(16)24(22,23)11-4-2-1-3-10(11)13(21)19-9-7-17-12-5-6-18-20(12)8-9/h1-8,14H,(H,19,21). The lowest BCUT2D eigenvalue weighted by atomic mass is 10.2. The molecular formula is C14H10F2N4O3S. The number of halogens is 2. The van der Waals surface area contributed by atoms with Gasteiger partial charge in [-0.05, 0) is 12.1 Å². The summed E-state index contributed by atoms with van der Waals surface area (Å²) in [5.74, 6) is -4.46. The van der Waals surface area contributed by atoms with Gasteiger partial charge in [0.1, 0.15) is 0 Å². The molecule has 2 heterocycles. The van der Waals surface area contributed by atoms with Gasteiger partial charge in [0.25, 0.3) is 5.91 Å². The lowest BCUT2D eigenvalue weighted by molar-refractivity contribution is 0.102. The fraction of sp³-hybridized carbons (Fsp3) is 0.0714. The van der Waals surface area contributed by atoms with Crippen molar-refractivity contribution in [1.82, 2.24) is 14.6 Å². The molecule has 124 valence electrons. The van der Waals surface area contributed by atoms with Crippen LogP contribution >= 0.6 is 0 Å². The topological polar surface area (TPSA) is 93.4 Å². The van der Waals surface area contributed by atoms with Gasteiger partial charge >= 0.3 is 5.76 Å². The molecule has 0 saturated heterocycles. The first kappa shape index (κ1) is 16.0. The van der Waals surface area contributed by atoms with E-state index in [1.807, 2.05) is 0 Å². The summed E-state index contributed by atoms with van der Waals surface area (Å²) >= 11 is 0. The highest BCUT2D eigenvalue weighted by Crippen LogP contribution is 2.23. The van der Waals surface area contributed by atoms with E-state index in [9.17, 15) is 22.0 Å². The van der Waals surface area contributed by atoms with Crippen molar-refractivity contribution in [2.75, 3.05) is 5.32 Å². The highest BCUT2D eigenvalue weighted by Gasteiger charge is 2.30. The van der Waals surface area contributed by atoms with E-state index in [4.69, 9.17) is 0 Å². The second-order valence-corrected chi connectivity index (χ2v) is 6.62. The number of rotatable bonds is 4. The van der Waals surface area contributed by atoms with Crippen LogP contribution < -0.4 is 5.32 Å². The summed E-state index contributed by atoms with van der Waals surface area (Å²) in [5, 5.41) is 6.37. The summed E-state index contributed by atoms with van der Waals surface area (Å²) in [6.45, 7) is 0. The van der Waals surface area contributed by atoms with Crippen molar-refractivity contribution in [3.05, 3.63) is 54.5 Å². The molecule has 0 aliphatic heterocycles. The molecule has 1 aromatic carbocycles. The van der Waals surface area contributed by atoms with E-state index >= 15 is 0 Å². The number of nitrogens with zero attached hydrogens (tertiary/aromatic N) is 3. The molecule has 0 aliphatic rings. The molecule has 0 aliphatic carbocycles. The number of nitrogens with one attached hydrogen (secondary N) is 1. The first-order valence-electron chi connectivity index (χ1n) is 6.61. The van der Waals surface area contributed by atoms with Crippen LogP contribution in [-0.2, 0) is 9.84 Å². The van der Waals surface area contributed by atoms with Gasteiger partial charge in [-0.25, -0.2) is 17.9 Å². The van der Waals surface area contributed by atoms with Crippen LogP contribution in [0.5, 0.6) is 0 Å². The minimum atomic E-state index is -4.90. The molecule has 0 radical (unpaired) electrons. The van der Waals surface area contributed by atoms with Crippen LogP contribution in [0.3, 0.4) is 0 Å². The van der Waals surface area contributed by atoms with E-state index in [1.54, 1.807) is 6.07 Å². The third kappa shape index (κ3) is 2.83. The molecule has 3 rings (SSSR count). The predicted molar refractivity (Wildman–Crippen MR) is 80.6 cm³/mol. The molecule has 0 fully saturated rings. The van der Waals surface area contributed by atoms with Crippen LogP contribution in [0.25, 0.3) is 5.65 Å². The normalized spacial score (nSPS) is 11.8. The Kier molecular flexibility index (Phi) is 3.97. The van der Waals surface area contributed by atoms with E-state index in [0.717, 1.165) is 12.1 Å². The molecule has 0 spiro atoms. The molecule has 1 amide bonds. The van der Waals surface area contributed by atoms with Gasteiger partial charge in [0.2, 0.25) is 9.84 Å². The van der Waals surface area contributed by atoms with E-state index < -0.39 is 26.4 Å².